The van der Waals surface area contributed by atoms with E-state index in [1.807, 2.05) is 0 Å². The Bertz CT molecular complexity index is 858. The number of hydrogen-bond acceptors (Lipinski definition) is 4. The molecule has 2 aliphatic carbocycles. The standard InChI is InChI=1S/C9H5NO4.C7H6/c11-9-5-7(10(12)13)6-3-1-2-4-8(6)14-9;1-2-6-4-7(3-1)5-6/h1-5H;1-4H,5H2. The van der Waals surface area contributed by atoms with Gasteiger partial charge in [0.05, 0.1) is 10.3 Å². The smallest absolute Gasteiger partial charge is 0.343 e. The van der Waals surface area contributed by atoms with Crippen molar-refractivity contribution < 1.29 is 9.34 Å². The molecule has 2 aromatic carbocycles. The van der Waals surface area contributed by atoms with Crippen LogP contribution in [0.15, 0.2) is 63.8 Å². The highest BCUT2D eigenvalue weighted by Gasteiger charge is 2.13. The van der Waals surface area contributed by atoms with Gasteiger partial charge in [0.1, 0.15) is 11.6 Å². The van der Waals surface area contributed by atoms with E-state index >= 15 is 0 Å². The van der Waals surface area contributed by atoms with Gasteiger partial charge in [0.15, 0.2) is 0 Å². The van der Waals surface area contributed by atoms with Crippen molar-refractivity contribution in [3.8, 4) is 0 Å². The summed E-state index contributed by atoms with van der Waals surface area (Å²) in [6.07, 6.45) is 1.22. The van der Waals surface area contributed by atoms with Gasteiger partial charge in [-0.25, -0.2) is 4.79 Å². The Morgan fingerprint density at radius 1 is 1.00 bits per heavy atom. The van der Waals surface area contributed by atoms with Crippen LogP contribution >= 0.6 is 0 Å². The average Bonchev–Trinajstić information content (AvgIpc) is 2.47. The van der Waals surface area contributed by atoms with E-state index in [9.17, 15) is 14.9 Å². The second kappa shape index (κ2) is 5.20. The number of hydrogen-bond donors (Lipinski definition) is 0. The van der Waals surface area contributed by atoms with Crippen LogP contribution in [-0.2, 0) is 6.42 Å². The molecule has 0 fully saturated rings. The molecule has 0 aliphatic heterocycles. The van der Waals surface area contributed by atoms with Gasteiger partial charge in [-0.3, -0.25) is 10.1 Å². The minimum atomic E-state index is -0.713. The summed E-state index contributed by atoms with van der Waals surface area (Å²) in [5.41, 5.74) is 2.26. The molecule has 0 saturated heterocycles. The van der Waals surface area contributed by atoms with Crippen LogP contribution in [0.2, 0.25) is 0 Å². The third-order valence-electron chi connectivity index (χ3n) is 3.22. The van der Waals surface area contributed by atoms with Crippen molar-refractivity contribution in [2.75, 3.05) is 0 Å². The summed E-state index contributed by atoms with van der Waals surface area (Å²) >= 11 is 0. The molecule has 0 atom stereocenters. The molecule has 2 aliphatic rings. The van der Waals surface area contributed by atoms with Crippen LogP contribution in [0.5, 0.6) is 0 Å². The van der Waals surface area contributed by atoms with Gasteiger partial charge >= 0.3 is 5.63 Å². The maximum Gasteiger partial charge on any atom is 0.343 e. The Hall–Kier alpha value is -2.95. The van der Waals surface area contributed by atoms with Gasteiger partial charge in [0, 0.05) is 0 Å². The van der Waals surface area contributed by atoms with Crippen LogP contribution in [0.1, 0.15) is 11.1 Å². The first-order valence-corrected chi connectivity index (χ1v) is 6.38. The number of nitro groups is 1. The van der Waals surface area contributed by atoms with E-state index in [2.05, 4.69) is 24.3 Å². The van der Waals surface area contributed by atoms with E-state index in [1.165, 1.54) is 29.7 Å². The van der Waals surface area contributed by atoms with Crippen LogP contribution in [0, 0.1) is 10.1 Å². The highest BCUT2D eigenvalue weighted by atomic mass is 16.6. The van der Waals surface area contributed by atoms with E-state index in [1.54, 1.807) is 12.1 Å². The minimum Gasteiger partial charge on any atom is -0.422 e. The van der Waals surface area contributed by atoms with Crippen molar-refractivity contribution in [1.29, 1.82) is 0 Å². The molecule has 104 valence electrons. The molecule has 0 radical (unpaired) electrons. The van der Waals surface area contributed by atoms with Crippen LogP contribution in [0.3, 0.4) is 0 Å². The third kappa shape index (κ3) is 2.67. The van der Waals surface area contributed by atoms with E-state index in [0.29, 0.717) is 5.39 Å². The van der Waals surface area contributed by atoms with Gasteiger partial charge in [0.2, 0.25) is 0 Å². The number of rotatable bonds is 1. The lowest BCUT2D eigenvalue weighted by atomic mass is 9.94. The zero-order chi connectivity index (χ0) is 14.8. The first-order chi connectivity index (χ1) is 10.1. The molecule has 1 aromatic heterocycles. The van der Waals surface area contributed by atoms with Crippen LogP contribution in [0.4, 0.5) is 5.69 Å². The monoisotopic (exact) mass is 281 g/mol. The normalized spacial score (nSPS) is 11.2. The third-order valence-corrected chi connectivity index (χ3v) is 3.22. The number of benzene rings is 2. The van der Waals surface area contributed by atoms with Crippen molar-refractivity contribution in [2.45, 2.75) is 6.42 Å². The Morgan fingerprint density at radius 3 is 2.19 bits per heavy atom. The molecule has 21 heavy (non-hydrogen) atoms. The van der Waals surface area contributed by atoms with E-state index in [-0.39, 0.29) is 11.3 Å². The maximum absolute atomic E-state index is 10.9. The van der Waals surface area contributed by atoms with Crippen molar-refractivity contribution in [3.63, 3.8) is 0 Å². The molecule has 5 rings (SSSR count). The molecule has 1 heterocycles. The van der Waals surface area contributed by atoms with E-state index < -0.39 is 10.5 Å². The quantitative estimate of drug-likeness (QED) is 0.305. The first-order valence-electron chi connectivity index (χ1n) is 6.38. The summed E-state index contributed by atoms with van der Waals surface area (Å²) in [6.45, 7) is 0. The SMILES string of the molecule is O=c1cc([N+](=O)[O-])c2ccccc2o1.c1cc2cc(c1)C2. The molecular weight excluding hydrogens is 270 g/mol. The van der Waals surface area contributed by atoms with Gasteiger partial charge in [-0.2, -0.15) is 0 Å². The summed E-state index contributed by atoms with van der Waals surface area (Å²) in [6, 6.07) is 15.9. The average molecular weight is 281 g/mol. The van der Waals surface area contributed by atoms with Gasteiger partial charge in [0.25, 0.3) is 5.69 Å². The van der Waals surface area contributed by atoms with Gasteiger partial charge in [-0.15, -0.1) is 0 Å². The largest absolute Gasteiger partial charge is 0.422 e. The number of fused-ring (bicyclic) bond motifs is 3. The predicted octanol–water partition coefficient (Wildman–Crippen LogP) is 3.29. The second-order valence-corrected chi connectivity index (χ2v) is 4.70. The predicted molar refractivity (Wildman–Crippen MR) is 78.4 cm³/mol. The highest BCUT2D eigenvalue weighted by molar-refractivity contribution is 5.85. The van der Waals surface area contributed by atoms with Crippen molar-refractivity contribution in [1.82, 2.24) is 0 Å². The lowest BCUT2D eigenvalue weighted by Gasteiger charge is -2.11. The molecule has 5 nitrogen and oxygen atoms in total. The van der Waals surface area contributed by atoms with Gasteiger partial charge in [-0.05, 0) is 29.7 Å². The van der Waals surface area contributed by atoms with E-state index in [4.69, 9.17) is 4.42 Å². The van der Waals surface area contributed by atoms with Gasteiger partial charge in [-0.1, -0.05) is 36.4 Å². The molecule has 0 amide bonds. The Balaban J connectivity index is 0.000000156. The first kappa shape index (κ1) is 13.1. The molecule has 0 spiro atoms. The fourth-order valence-corrected chi connectivity index (χ4v) is 2.20. The van der Waals surface area contributed by atoms with Crippen molar-refractivity contribution in [3.05, 3.63) is 86.3 Å². The van der Waals surface area contributed by atoms with Crippen LogP contribution in [0.25, 0.3) is 11.0 Å². The van der Waals surface area contributed by atoms with Crippen LogP contribution < -0.4 is 5.63 Å². The molecule has 0 unspecified atom stereocenters. The highest BCUT2D eigenvalue weighted by Crippen LogP contribution is 2.22. The molecule has 0 saturated carbocycles. The summed E-state index contributed by atoms with van der Waals surface area (Å²) in [7, 11) is 0. The molecule has 2 bridgehead atoms. The fourth-order valence-electron chi connectivity index (χ4n) is 2.20. The Kier molecular flexibility index (Phi) is 3.23. The number of nitrogens with zero attached hydrogens (tertiary/aromatic N) is 1. The summed E-state index contributed by atoms with van der Waals surface area (Å²) in [5.74, 6) is 0. The summed E-state index contributed by atoms with van der Waals surface area (Å²) in [5, 5.41) is 10.9. The Morgan fingerprint density at radius 2 is 1.67 bits per heavy atom. The van der Waals surface area contributed by atoms with Crippen LogP contribution in [-0.4, -0.2) is 4.92 Å². The Labute approximate surface area is 119 Å². The molecule has 3 aromatic rings. The topological polar surface area (TPSA) is 73.3 Å². The van der Waals surface area contributed by atoms with Crippen molar-refractivity contribution in [2.24, 2.45) is 0 Å². The fraction of sp³-hybridized carbons (Fsp3) is 0.0625. The van der Waals surface area contributed by atoms with E-state index in [0.717, 1.165) is 6.07 Å². The number of para-hydroxylation sites is 1. The molecule has 5 heteroatoms. The second-order valence-electron chi connectivity index (χ2n) is 4.70. The lowest BCUT2D eigenvalue weighted by Crippen LogP contribution is -2.00. The maximum atomic E-state index is 10.9. The van der Waals surface area contributed by atoms with Gasteiger partial charge < -0.3 is 4.42 Å². The van der Waals surface area contributed by atoms with Crippen molar-refractivity contribution >= 4 is 16.7 Å². The zero-order valence-electron chi connectivity index (χ0n) is 11.0. The summed E-state index contributed by atoms with van der Waals surface area (Å²) in [4.78, 5) is 20.9. The minimum absolute atomic E-state index is 0.225. The zero-order valence-corrected chi connectivity index (χ0v) is 11.0. The summed E-state index contributed by atoms with van der Waals surface area (Å²) < 4.78 is 4.79. The molecule has 0 N–H and O–H groups in total. The molecular formula is C16H11NO4. The lowest BCUT2D eigenvalue weighted by molar-refractivity contribution is -0.383.